The molecule has 0 atom stereocenters. The molecule has 1 aliphatic rings. The molecular formula is C19H26N2O6. The first-order valence-corrected chi connectivity index (χ1v) is 9.54. The second-order valence-corrected chi connectivity index (χ2v) is 7.10. The standard InChI is InChI=1S/C19H26N2O6/c22-17(10-6-2-5-9-15-7-3-1-4-8-15)14-27-19-12-11-16(20(23)24)13-18(19)21(25)26/h11-13,15H,1-10,14H2. The fraction of sp³-hybridized carbons (Fsp3) is 0.632. The van der Waals surface area contributed by atoms with Gasteiger partial charge in [0.15, 0.2) is 11.5 Å². The van der Waals surface area contributed by atoms with E-state index in [1.807, 2.05) is 0 Å². The van der Waals surface area contributed by atoms with E-state index in [2.05, 4.69) is 0 Å². The van der Waals surface area contributed by atoms with Crippen LogP contribution in [0, 0.1) is 26.1 Å². The van der Waals surface area contributed by atoms with Gasteiger partial charge in [-0.3, -0.25) is 25.0 Å². The molecule has 8 heteroatoms. The molecule has 8 nitrogen and oxygen atoms in total. The van der Waals surface area contributed by atoms with Crippen LogP contribution in [0.25, 0.3) is 0 Å². The molecule has 2 rings (SSSR count). The normalized spacial score (nSPS) is 14.7. The predicted molar refractivity (Wildman–Crippen MR) is 99.9 cm³/mol. The van der Waals surface area contributed by atoms with Crippen molar-refractivity contribution < 1.29 is 19.4 Å². The molecule has 0 bridgehead atoms. The van der Waals surface area contributed by atoms with Crippen molar-refractivity contribution in [2.75, 3.05) is 6.61 Å². The number of ether oxygens (including phenoxy) is 1. The molecule has 0 aliphatic heterocycles. The van der Waals surface area contributed by atoms with Gasteiger partial charge in [-0.15, -0.1) is 0 Å². The van der Waals surface area contributed by atoms with Gasteiger partial charge in [0.05, 0.1) is 15.9 Å². The summed E-state index contributed by atoms with van der Waals surface area (Å²) in [5.41, 5.74) is -0.900. The largest absolute Gasteiger partial charge is 0.479 e. The number of hydrogen-bond donors (Lipinski definition) is 0. The van der Waals surface area contributed by atoms with Crippen LogP contribution in [0.2, 0.25) is 0 Å². The topological polar surface area (TPSA) is 113 Å². The van der Waals surface area contributed by atoms with Gasteiger partial charge in [-0.2, -0.15) is 0 Å². The maximum atomic E-state index is 11.9. The molecule has 0 N–H and O–H groups in total. The van der Waals surface area contributed by atoms with Crippen LogP contribution in [0.1, 0.15) is 64.2 Å². The predicted octanol–water partition coefficient (Wildman–Crippen LogP) is 4.98. The highest BCUT2D eigenvalue weighted by atomic mass is 16.6. The highest BCUT2D eigenvalue weighted by Gasteiger charge is 2.21. The maximum Gasteiger partial charge on any atom is 0.317 e. The zero-order valence-corrected chi connectivity index (χ0v) is 15.4. The van der Waals surface area contributed by atoms with Gasteiger partial charge in [-0.25, -0.2) is 0 Å². The van der Waals surface area contributed by atoms with Crippen molar-refractivity contribution in [2.45, 2.75) is 64.2 Å². The Morgan fingerprint density at radius 2 is 1.78 bits per heavy atom. The van der Waals surface area contributed by atoms with Gasteiger partial charge >= 0.3 is 5.69 Å². The summed E-state index contributed by atoms with van der Waals surface area (Å²) in [5.74, 6) is 0.594. The summed E-state index contributed by atoms with van der Waals surface area (Å²) in [6.45, 7) is -0.263. The average molecular weight is 378 g/mol. The summed E-state index contributed by atoms with van der Waals surface area (Å²) in [6.07, 6.45) is 11.2. The number of rotatable bonds is 11. The quantitative estimate of drug-likeness (QED) is 0.305. The minimum absolute atomic E-state index is 0.125. The number of unbranched alkanes of at least 4 members (excludes halogenated alkanes) is 2. The van der Waals surface area contributed by atoms with Gasteiger partial charge in [0, 0.05) is 12.5 Å². The number of carbonyl (C=O) groups excluding carboxylic acids is 1. The Hall–Kier alpha value is -2.51. The Labute approximate surface area is 158 Å². The van der Waals surface area contributed by atoms with Crippen LogP contribution in [-0.4, -0.2) is 22.2 Å². The lowest BCUT2D eigenvalue weighted by Crippen LogP contribution is -2.12. The number of nitro benzene ring substituents is 2. The summed E-state index contributed by atoms with van der Waals surface area (Å²) < 4.78 is 5.23. The summed E-state index contributed by atoms with van der Waals surface area (Å²) in [6, 6.07) is 3.12. The minimum Gasteiger partial charge on any atom is -0.479 e. The van der Waals surface area contributed by atoms with Gasteiger partial charge in [-0.1, -0.05) is 51.4 Å². The summed E-state index contributed by atoms with van der Waals surface area (Å²) >= 11 is 0. The molecule has 1 aromatic rings. The van der Waals surface area contributed by atoms with Crippen LogP contribution in [0.3, 0.4) is 0 Å². The van der Waals surface area contributed by atoms with Crippen molar-refractivity contribution in [1.29, 1.82) is 0 Å². The van der Waals surface area contributed by atoms with Crippen LogP contribution in [0.15, 0.2) is 18.2 Å². The van der Waals surface area contributed by atoms with E-state index in [4.69, 9.17) is 4.74 Å². The maximum absolute atomic E-state index is 11.9. The van der Waals surface area contributed by atoms with Gasteiger partial charge in [0.2, 0.25) is 0 Å². The van der Waals surface area contributed by atoms with Crippen LogP contribution >= 0.6 is 0 Å². The molecule has 148 valence electrons. The monoisotopic (exact) mass is 378 g/mol. The number of ketones is 1. The molecule has 0 aromatic heterocycles. The van der Waals surface area contributed by atoms with Gasteiger partial charge < -0.3 is 4.74 Å². The minimum atomic E-state index is -0.752. The third kappa shape index (κ3) is 6.96. The fourth-order valence-electron chi connectivity index (χ4n) is 3.52. The van der Waals surface area contributed by atoms with Gasteiger partial charge in [0.1, 0.15) is 6.61 Å². The van der Waals surface area contributed by atoms with E-state index < -0.39 is 21.2 Å². The number of nitrogens with zero attached hydrogens (tertiary/aromatic N) is 2. The van der Waals surface area contributed by atoms with Crippen LogP contribution in [-0.2, 0) is 4.79 Å². The molecule has 0 amide bonds. The Balaban J connectivity index is 1.70. The first-order chi connectivity index (χ1) is 13.0. The molecule has 0 spiro atoms. The zero-order chi connectivity index (χ0) is 19.6. The first-order valence-electron chi connectivity index (χ1n) is 9.54. The average Bonchev–Trinajstić information content (AvgIpc) is 2.66. The SMILES string of the molecule is O=C(CCCCCC1CCCCC1)COc1ccc([N+](=O)[O-])cc1[N+](=O)[O-]. The van der Waals surface area contributed by atoms with E-state index >= 15 is 0 Å². The Morgan fingerprint density at radius 1 is 1.04 bits per heavy atom. The Bertz CT molecular complexity index is 670. The number of benzene rings is 1. The number of nitro groups is 2. The molecule has 1 saturated carbocycles. The second kappa shape index (κ2) is 10.6. The lowest BCUT2D eigenvalue weighted by Gasteiger charge is -2.21. The van der Waals surface area contributed by atoms with E-state index in [0.29, 0.717) is 6.42 Å². The van der Waals surface area contributed by atoms with Crippen molar-refractivity contribution in [3.8, 4) is 5.75 Å². The van der Waals surface area contributed by atoms with Crippen molar-refractivity contribution in [2.24, 2.45) is 5.92 Å². The van der Waals surface area contributed by atoms with Crippen LogP contribution < -0.4 is 4.74 Å². The van der Waals surface area contributed by atoms with Gasteiger partial charge in [0.25, 0.3) is 5.69 Å². The summed E-state index contributed by atoms with van der Waals surface area (Å²) in [7, 11) is 0. The van der Waals surface area contributed by atoms with E-state index in [1.54, 1.807) is 0 Å². The Kier molecular flexibility index (Phi) is 8.16. The van der Waals surface area contributed by atoms with Crippen LogP contribution in [0.5, 0.6) is 5.75 Å². The summed E-state index contributed by atoms with van der Waals surface area (Å²) in [5, 5.41) is 21.7. The third-order valence-corrected chi connectivity index (χ3v) is 5.03. The number of hydrogen-bond acceptors (Lipinski definition) is 6. The molecule has 0 saturated heterocycles. The lowest BCUT2D eigenvalue weighted by molar-refractivity contribution is -0.394. The number of carbonyl (C=O) groups is 1. The molecule has 1 fully saturated rings. The fourth-order valence-corrected chi connectivity index (χ4v) is 3.52. The molecule has 0 heterocycles. The zero-order valence-electron chi connectivity index (χ0n) is 15.4. The molecule has 27 heavy (non-hydrogen) atoms. The highest BCUT2D eigenvalue weighted by molar-refractivity contribution is 5.80. The van der Waals surface area contributed by atoms with Crippen molar-refractivity contribution in [3.05, 3.63) is 38.4 Å². The van der Waals surface area contributed by atoms with Crippen molar-refractivity contribution in [3.63, 3.8) is 0 Å². The van der Waals surface area contributed by atoms with E-state index in [1.165, 1.54) is 38.5 Å². The van der Waals surface area contributed by atoms with Crippen molar-refractivity contribution in [1.82, 2.24) is 0 Å². The number of non-ortho nitro benzene ring substituents is 1. The Morgan fingerprint density at radius 3 is 2.44 bits per heavy atom. The number of Topliss-reactive ketones (excluding diaryl/α,β-unsaturated/α-hetero) is 1. The highest BCUT2D eigenvalue weighted by Crippen LogP contribution is 2.31. The van der Waals surface area contributed by atoms with E-state index in [9.17, 15) is 25.0 Å². The lowest BCUT2D eigenvalue weighted by atomic mass is 9.85. The molecular weight excluding hydrogens is 352 g/mol. The van der Waals surface area contributed by atoms with Crippen molar-refractivity contribution >= 4 is 17.2 Å². The van der Waals surface area contributed by atoms with Gasteiger partial charge in [-0.05, 0) is 18.4 Å². The molecule has 1 aliphatic carbocycles. The smallest absolute Gasteiger partial charge is 0.317 e. The summed E-state index contributed by atoms with van der Waals surface area (Å²) in [4.78, 5) is 32.2. The third-order valence-electron chi connectivity index (χ3n) is 5.03. The molecule has 0 unspecified atom stereocenters. The first kappa shape index (κ1) is 20.8. The van der Waals surface area contributed by atoms with E-state index in [-0.39, 0.29) is 18.1 Å². The van der Waals surface area contributed by atoms with E-state index in [0.717, 1.165) is 43.4 Å². The second-order valence-electron chi connectivity index (χ2n) is 7.10. The molecule has 1 aromatic carbocycles. The van der Waals surface area contributed by atoms with Crippen LogP contribution in [0.4, 0.5) is 11.4 Å². The molecule has 0 radical (unpaired) electrons.